The van der Waals surface area contributed by atoms with E-state index in [0.717, 1.165) is 20.8 Å². The van der Waals surface area contributed by atoms with Crippen molar-refractivity contribution in [3.8, 4) is 11.8 Å². The molecule has 1 saturated heterocycles. The fourth-order valence-electron chi connectivity index (χ4n) is 7.02. The molecule has 4 aromatic carbocycles. The van der Waals surface area contributed by atoms with Gasteiger partial charge in [0.15, 0.2) is 0 Å². The van der Waals surface area contributed by atoms with Crippen molar-refractivity contribution < 1.29 is 29.0 Å². The molecule has 4 atom stereocenters. The Morgan fingerprint density at radius 1 is 0.870 bits per heavy atom. The number of Topliss-reactive ketones (excluding diaryl/α,β-unsaturated/α-hetero) is 1. The molecule has 0 aliphatic carbocycles. The number of ketones is 1. The first-order valence-electron chi connectivity index (χ1n) is 17.5. The van der Waals surface area contributed by atoms with E-state index in [4.69, 9.17) is 9.47 Å². The topological polar surface area (TPSA) is 130 Å². The van der Waals surface area contributed by atoms with Gasteiger partial charge in [-0.15, -0.1) is 11.8 Å². The Balaban J connectivity index is 1.61. The van der Waals surface area contributed by atoms with E-state index in [1.54, 1.807) is 55.9 Å². The van der Waals surface area contributed by atoms with E-state index in [1.165, 1.54) is 23.6 Å². The third-order valence-electron chi connectivity index (χ3n) is 9.56. The number of thioether (sulfide) groups is 1. The number of β-lactam (4-membered cyclic amide) rings is 1. The first-order chi connectivity index (χ1) is 26.3. The van der Waals surface area contributed by atoms with Crippen molar-refractivity contribution >= 4 is 57.6 Å². The first kappa shape index (κ1) is 38.3. The molecule has 9 nitrogen and oxygen atoms in total. The van der Waals surface area contributed by atoms with Crippen LogP contribution in [0.2, 0.25) is 0 Å². The number of aromatic nitrogens is 1. The number of amides is 1. The van der Waals surface area contributed by atoms with Crippen molar-refractivity contribution in [1.82, 2.24) is 9.88 Å². The Labute approximate surface area is 319 Å². The molecule has 274 valence electrons. The van der Waals surface area contributed by atoms with Crippen LogP contribution in [0.3, 0.4) is 0 Å². The molecule has 11 heteroatoms. The van der Waals surface area contributed by atoms with E-state index in [-0.39, 0.29) is 30.0 Å². The summed E-state index contributed by atoms with van der Waals surface area (Å²) in [6.45, 7) is -1.93. The molecule has 1 aliphatic rings. The van der Waals surface area contributed by atoms with Gasteiger partial charge in [0.1, 0.15) is 23.6 Å². The number of nitriles is 1. The van der Waals surface area contributed by atoms with E-state index >= 15 is 4.79 Å². The maximum atomic E-state index is 15.2. The first-order valence-corrected chi connectivity index (χ1v) is 20.3. The number of hydrogen-bond acceptors (Lipinski definition) is 9. The molecule has 54 heavy (non-hydrogen) atoms. The minimum atomic E-state index is -3.32. The lowest BCUT2D eigenvalue weighted by molar-refractivity contribution is -0.162. The van der Waals surface area contributed by atoms with E-state index in [1.807, 2.05) is 91.0 Å². The fourth-order valence-corrected chi connectivity index (χ4v) is 12.2. The third-order valence-corrected chi connectivity index (χ3v) is 14.9. The van der Waals surface area contributed by atoms with Gasteiger partial charge < -0.3 is 19.5 Å². The second-order valence-corrected chi connectivity index (χ2v) is 17.2. The smallest absolute Gasteiger partial charge is 0.356 e. The average molecular weight is 758 g/mol. The summed E-state index contributed by atoms with van der Waals surface area (Å²) in [6.07, 6.45) is 1.87. The van der Waals surface area contributed by atoms with Crippen molar-refractivity contribution in [3.05, 3.63) is 145 Å². The molecule has 1 amide bonds. The summed E-state index contributed by atoms with van der Waals surface area (Å²) >= 11 is 1.30. The van der Waals surface area contributed by atoms with Gasteiger partial charge in [-0.2, -0.15) is 5.26 Å². The number of pyridine rings is 1. The Morgan fingerprint density at radius 3 is 1.89 bits per heavy atom. The number of ether oxygens (including phenoxy) is 2. The van der Waals surface area contributed by atoms with Gasteiger partial charge in [-0.25, -0.2) is 4.79 Å². The van der Waals surface area contributed by atoms with Crippen LogP contribution in [-0.4, -0.2) is 63.1 Å². The highest BCUT2D eigenvalue weighted by atomic mass is 32.2. The number of aliphatic hydroxyl groups is 1. The molecule has 1 aromatic heterocycles. The predicted octanol–water partition coefficient (Wildman–Crippen LogP) is 5.36. The molecule has 0 unspecified atom stereocenters. The summed E-state index contributed by atoms with van der Waals surface area (Å²) in [5.41, 5.74) is 0.773. The van der Waals surface area contributed by atoms with Crippen molar-refractivity contribution in [2.45, 2.75) is 37.0 Å². The molecule has 0 spiro atoms. The molecule has 5 aromatic rings. The summed E-state index contributed by atoms with van der Waals surface area (Å²) in [5, 5.41) is 23.6. The second kappa shape index (κ2) is 17.6. The third kappa shape index (κ3) is 7.76. The normalized spacial score (nSPS) is 16.3. The van der Waals surface area contributed by atoms with E-state index in [9.17, 15) is 20.0 Å². The highest BCUT2D eigenvalue weighted by Gasteiger charge is 2.58. The van der Waals surface area contributed by atoms with Gasteiger partial charge >= 0.3 is 5.97 Å². The Morgan fingerprint density at radius 2 is 1.41 bits per heavy atom. The number of carbonyl (C=O) groups excluding carboxylic acids is 3. The molecule has 0 saturated carbocycles. The lowest BCUT2D eigenvalue weighted by Gasteiger charge is -2.53. The van der Waals surface area contributed by atoms with Gasteiger partial charge in [-0.1, -0.05) is 103 Å². The van der Waals surface area contributed by atoms with E-state index in [0.29, 0.717) is 11.3 Å². The van der Waals surface area contributed by atoms with Crippen LogP contribution in [0, 0.1) is 23.2 Å². The van der Waals surface area contributed by atoms with Gasteiger partial charge in [-0.3, -0.25) is 14.6 Å². The predicted molar refractivity (Wildman–Crippen MR) is 212 cm³/mol. The highest BCUT2D eigenvalue weighted by molar-refractivity contribution is 8.00. The SMILES string of the molecule is COc1ccc(COC(=O)C(N2C(=O)[C@H]([C@@H](C)O)[C@H]2[C@H](CC#N)C(=O)CSc2ccncc2)=P(c2ccccc2)(c2ccccc2)c2ccccc2)cc1. The van der Waals surface area contributed by atoms with Gasteiger partial charge in [0, 0.05) is 30.6 Å². The maximum Gasteiger partial charge on any atom is 0.356 e. The largest absolute Gasteiger partial charge is 0.497 e. The number of esters is 1. The number of nitrogens with zero attached hydrogens (tertiary/aromatic N) is 3. The number of methoxy groups -OCH3 is 1. The summed E-state index contributed by atoms with van der Waals surface area (Å²) in [7, 11) is 1.57. The van der Waals surface area contributed by atoms with Gasteiger partial charge in [0.25, 0.3) is 0 Å². The fraction of sp³-hybridized carbons (Fsp3) is 0.209. The maximum absolute atomic E-state index is 15.2. The molecule has 2 heterocycles. The van der Waals surface area contributed by atoms with Crippen LogP contribution in [0.4, 0.5) is 0 Å². The number of benzene rings is 4. The zero-order chi connectivity index (χ0) is 38.1. The second-order valence-electron chi connectivity index (χ2n) is 12.8. The standard InChI is InChI=1S/C43H40N3O6PS/c1-30(47)39-40(37(22-25-44)38(48)29-54-36-23-26-45-27-24-36)46(41(39)49)42(43(50)52-28-31-18-20-32(51-2)21-19-31)53(33-12-6-3-7-13-33,34-14-8-4-9-15-34)35-16-10-5-11-17-35/h3-21,23-24,26-27,30,37,39-40,47H,22,28-29H2,1-2H3/t30-,37-,39-,40-/m1/s1. The van der Waals surface area contributed by atoms with Crippen LogP contribution in [0.15, 0.2) is 145 Å². The zero-order valence-electron chi connectivity index (χ0n) is 29.9. The van der Waals surface area contributed by atoms with Crippen LogP contribution in [0.25, 0.3) is 0 Å². The number of likely N-dealkylation sites (tertiary alicyclic amines) is 1. The monoisotopic (exact) mass is 757 g/mol. The van der Waals surface area contributed by atoms with Crippen LogP contribution in [-0.2, 0) is 25.7 Å². The van der Waals surface area contributed by atoms with E-state index < -0.39 is 42.7 Å². The highest BCUT2D eigenvalue weighted by Crippen LogP contribution is 2.51. The summed E-state index contributed by atoms with van der Waals surface area (Å²) < 4.78 is 11.5. The van der Waals surface area contributed by atoms with Crippen LogP contribution >= 0.6 is 18.6 Å². The Kier molecular flexibility index (Phi) is 12.5. The van der Waals surface area contributed by atoms with Crippen molar-refractivity contribution in [3.63, 3.8) is 0 Å². The summed E-state index contributed by atoms with van der Waals surface area (Å²) in [4.78, 5) is 50.4. The summed E-state index contributed by atoms with van der Waals surface area (Å²) in [6, 6.07) is 40.5. The Hall–Kier alpha value is -5.46. The van der Waals surface area contributed by atoms with Crippen molar-refractivity contribution in [2.24, 2.45) is 11.8 Å². The van der Waals surface area contributed by atoms with Gasteiger partial charge in [-0.05, 0) is 52.7 Å². The summed E-state index contributed by atoms with van der Waals surface area (Å²) in [5.74, 6) is -2.95. The molecule has 1 fully saturated rings. The molecular weight excluding hydrogens is 718 g/mol. The molecule has 1 N–H and O–H groups in total. The lowest BCUT2D eigenvalue weighted by Crippen LogP contribution is -2.71. The number of aliphatic hydroxyl groups excluding tert-OH is 1. The quantitative estimate of drug-likeness (QED) is 0.0650. The van der Waals surface area contributed by atoms with Crippen molar-refractivity contribution in [1.29, 1.82) is 5.26 Å². The van der Waals surface area contributed by atoms with Gasteiger partial charge in [0.2, 0.25) is 5.91 Å². The molecule has 0 bridgehead atoms. The Bertz CT molecular complexity index is 2060. The van der Waals surface area contributed by atoms with Crippen LogP contribution in [0.1, 0.15) is 18.9 Å². The molecule has 0 radical (unpaired) electrons. The lowest BCUT2D eigenvalue weighted by atomic mass is 9.73. The number of hydrogen-bond donors (Lipinski definition) is 1. The van der Waals surface area contributed by atoms with Crippen LogP contribution in [0.5, 0.6) is 5.75 Å². The molecular formula is C43H40N3O6PS. The average Bonchev–Trinajstić information content (AvgIpc) is 3.21. The van der Waals surface area contributed by atoms with Crippen molar-refractivity contribution in [2.75, 3.05) is 12.9 Å². The minimum Gasteiger partial charge on any atom is -0.497 e. The van der Waals surface area contributed by atoms with E-state index in [2.05, 4.69) is 11.1 Å². The zero-order valence-corrected chi connectivity index (χ0v) is 31.6. The molecule has 1 aliphatic heterocycles. The minimum absolute atomic E-state index is 0.00894. The number of carbonyl (C=O) groups is 3. The van der Waals surface area contributed by atoms with Gasteiger partial charge in [0.05, 0.1) is 42.9 Å². The number of rotatable bonds is 15. The molecule has 6 rings (SSSR count). The van der Waals surface area contributed by atoms with Crippen LogP contribution < -0.4 is 20.7 Å².